The Morgan fingerprint density at radius 1 is 0.324 bits per heavy atom. The predicted octanol–water partition coefficient (Wildman–Crippen LogP) is 19.6. The molecule has 15 rings (SSSR count). The maximum atomic E-state index is 12.4. The number of phenolic OH excluding ortho intramolecular Hbond substituents is 1. The molecule has 5 heterocycles. The fraction of sp³-hybridized carbons (Fsp3) is 0.412. The van der Waals surface area contributed by atoms with E-state index in [9.17, 15) is 18.3 Å². The van der Waals surface area contributed by atoms with Crippen LogP contribution >= 0.6 is 0 Å². The summed E-state index contributed by atoms with van der Waals surface area (Å²) in [5, 5.41) is 21.7. The van der Waals surface area contributed by atoms with Crippen molar-refractivity contribution < 1.29 is 56.2 Å². The van der Waals surface area contributed by atoms with Gasteiger partial charge in [0.1, 0.15) is 92.9 Å². The molecule has 5 saturated heterocycles. The topological polar surface area (TPSA) is 94.1 Å². The zero-order valence-electron chi connectivity index (χ0n) is 59.6. The Hall–Kier alpha value is -6.12. The first-order chi connectivity index (χ1) is 50.1. The van der Waals surface area contributed by atoms with E-state index in [1.807, 2.05) is 54.6 Å². The van der Waals surface area contributed by atoms with Crippen LogP contribution in [0.2, 0.25) is 0 Å². The molecule has 9 nitrogen and oxygen atoms in total. The van der Waals surface area contributed by atoms with Gasteiger partial charge < -0.3 is 43.0 Å². The van der Waals surface area contributed by atoms with Gasteiger partial charge in [0.05, 0.1) is 59.5 Å². The molecule has 10 aromatic carbocycles. The van der Waals surface area contributed by atoms with Gasteiger partial charge in [0.15, 0.2) is 31.1 Å². The number of hydrogen-bond acceptors (Lipinski definition) is 9. The van der Waals surface area contributed by atoms with E-state index >= 15 is 0 Å². The fourth-order valence-corrected chi connectivity index (χ4v) is 24.5. The zero-order chi connectivity index (χ0) is 70.7. The van der Waals surface area contributed by atoms with Crippen molar-refractivity contribution in [1.29, 1.82) is 0 Å². The lowest BCUT2D eigenvalue weighted by Gasteiger charge is -2.17. The van der Waals surface area contributed by atoms with Crippen molar-refractivity contribution in [1.82, 2.24) is 0 Å². The Kier molecular flexibility index (Phi) is 30.5. The van der Waals surface area contributed by atoms with E-state index in [1.165, 1.54) is 132 Å². The van der Waals surface area contributed by atoms with E-state index in [4.69, 9.17) is 37.9 Å². The second kappa shape index (κ2) is 40.4. The Balaban J connectivity index is 0.000000128. The van der Waals surface area contributed by atoms with Gasteiger partial charge in [0.2, 0.25) is 0 Å². The monoisotopic (exact) mass is 1480 g/mol. The lowest BCUT2D eigenvalue weighted by atomic mass is 10.1. The lowest BCUT2D eigenvalue weighted by molar-refractivity contribution is -0.153. The average Bonchev–Trinajstić information content (AvgIpc) is 0.824. The number of benzene rings is 10. The molecule has 10 aromatic rings. The van der Waals surface area contributed by atoms with Gasteiger partial charge in [0.25, 0.3) is 0 Å². The number of rotatable bonds is 19. The summed E-state index contributed by atoms with van der Waals surface area (Å²) in [6.45, 7) is 11.2. The van der Waals surface area contributed by atoms with Crippen LogP contribution < -0.4 is 18.9 Å². The van der Waals surface area contributed by atoms with Crippen LogP contribution in [0.15, 0.2) is 206 Å². The molecule has 102 heavy (non-hydrogen) atoms. The summed E-state index contributed by atoms with van der Waals surface area (Å²) >= 11 is 0. The average molecular weight is 1490 g/mol. The minimum Gasteiger partial charge on any atom is -0.507 e. The van der Waals surface area contributed by atoms with E-state index in [0.29, 0.717) is 57.4 Å². The van der Waals surface area contributed by atoms with Crippen LogP contribution in [0, 0.1) is 0 Å². The molecule has 1 N–H and O–H groups in total. The Morgan fingerprint density at radius 2 is 0.598 bits per heavy atom. The first-order valence-electron chi connectivity index (χ1n) is 36.6. The maximum absolute atomic E-state index is 12.4. The summed E-state index contributed by atoms with van der Waals surface area (Å²) in [5.41, 5.74) is 0. The number of ether oxygens (including phenoxy) is 8. The highest BCUT2D eigenvalue weighted by Gasteiger charge is 2.34. The highest BCUT2D eigenvalue weighted by Crippen LogP contribution is 2.39. The second-order valence-electron chi connectivity index (χ2n) is 25.7. The van der Waals surface area contributed by atoms with Crippen LogP contribution in [0.1, 0.15) is 78.1 Å². The molecule has 17 heteroatoms. The van der Waals surface area contributed by atoms with Gasteiger partial charge in [-0.15, -0.1) is 0 Å². The minimum atomic E-state index is -4.31. The molecule has 0 aromatic heterocycles. The van der Waals surface area contributed by atoms with Gasteiger partial charge in [-0.2, -0.15) is 13.2 Å². The van der Waals surface area contributed by atoms with Crippen LogP contribution in [0.3, 0.4) is 0 Å². The number of halogens is 3. The number of alkyl halides is 3. The third-order valence-electron chi connectivity index (χ3n) is 18.6. The quantitative estimate of drug-likeness (QED) is 0.0627. The van der Waals surface area contributed by atoms with Crippen molar-refractivity contribution in [2.75, 3.05) is 137 Å². The number of fused-ring (bicyclic) bond motifs is 5. The number of unbranched alkanes of at least 4 members (excludes halogenated alkanes) is 2. The van der Waals surface area contributed by atoms with Gasteiger partial charge in [0, 0.05) is 115 Å². The Morgan fingerprint density at radius 3 is 0.912 bits per heavy atom. The molecule has 5 aliphatic heterocycles. The molecule has 0 amide bonds. The van der Waals surface area contributed by atoms with Crippen LogP contribution in [-0.4, -0.2) is 149 Å². The highest BCUT2D eigenvalue weighted by atomic mass is 32.2. The normalized spacial score (nSPS) is 16.6. The van der Waals surface area contributed by atoms with Crippen molar-refractivity contribution in [3.63, 3.8) is 0 Å². The number of methoxy groups -OCH3 is 1. The van der Waals surface area contributed by atoms with E-state index in [2.05, 4.69) is 135 Å². The van der Waals surface area contributed by atoms with Gasteiger partial charge in [-0.3, -0.25) is 0 Å². The molecule has 0 spiro atoms. The van der Waals surface area contributed by atoms with Gasteiger partial charge >= 0.3 is 6.18 Å². The van der Waals surface area contributed by atoms with E-state index in [0.717, 1.165) is 134 Å². The first kappa shape index (κ1) is 77.0. The summed E-state index contributed by atoms with van der Waals surface area (Å²) in [6, 6.07) is 62.5. The van der Waals surface area contributed by atoms with Gasteiger partial charge in [-0.1, -0.05) is 118 Å². The molecule has 0 unspecified atom stereocenters. The lowest BCUT2D eigenvalue weighted by Crippen LogP contribution is -2.26. The van der Waals surface area contributed by atoms with E-state index < -0.39 is 12.8 Å². The van der Waals surface area contributed by atoms with Crippen LogP contribution in [0.5, 0.6) is 28.7 Å². The molecular formula is C85H102F3O9S5+5. The molecule has 542 valence electrons. The third kappa shape index (κ3) is 21.3. The second-order valence-corrected chi connectivity index (χ2v) is 36.9. The van der Waals surface area contributed by atoms with Crippen molar-refractivity contribution in [2.45, 2.75) is 109 Å². The maximum Gasteiger partial charge on any atom is 0.422 e. The van der Waals surface area contributed by atoms with Crippen LogP contribution in [0.4, 0.5) is 13.2 Å². The van der Waals surface area contributed by atoms with Crippen LogP contribution in [0.25, 0.3) is 53.9 Å². The predicted molar refractivity (Wildman–Crippen MR) is 428 cm³/mol. The minimum absolute atomic E-state index is 0.210. The molecule has 0 saturated carbocycles. The molecule has 0 atom stereocenters. The summed E-state index contributed by atoms with van der Waals surface area (Å²) in [6.07, 6.45) is 8.24. The van der Waals surface area contributed by atoms with Crippen molar-refractivity contribution in [3.05, 3.63) is 182 Å². The van der Waals surface area contributed by atoms with E-state index in [1.54, 1.807) is 18.1 Å². The summed E-state index contributed by atoms with van der Waals surface area (Å²) in [5.74, 6) is 15.6. The number of phenols is 1. The standard InChI is InChI=1S/C19H25OS.C18H23O2S.C17H18F3OS.C17H21O3S.C14H14O2S/c1-2-3-13-20-18-11-12-19(21-14-7-4-8-15-21)17-10-6-5-9-16(17)18;1-2-3-10-20-17-8-9-18(21-13-11-19-12-14-21)16-7-5-4-6-15(16)17;18-17(19,20)12-21-15-8-9-16(22-10-4-1-5-11-22)14-7-3-2-6-13(14)15;1-18-8-9-20-16-6-7-17(21-12-10-19-11-13-21)15-5-3-2-4-14(15)16;15-13-5-6-14(17-9-7-16-8-10-17)12-4-2-1-3-11(12)13/h5-6,9-12H,2-4,7-8,13-15H2,1H3;4-9H,2-3,10-14H2,1H3;2-3,6-9H,1,4-5,10-12H2;2-7H,8-13H2,1H3;1-6H,7-10H2/q4*+1;/p+1. The van der Waals surface area contributed by atoms with Crippen molar-refractivity contribution in [2.24, 2.45) is 0 Å². The van der Waals surface area contributed by atoms with Gasteiger partial charge in [-0.25, -0.2) is 0 Å². The molecule has 0 aliphatic carbocycles. The zero-order valence-corrected chi connectivity index (χ0v) is 63.7. The third-order valence-corrected chi connectivity index (χ3v) is 30.6. The fourth-order valence-electron chi connectivity index (χ4n) is 13.4. The molecule has 5 aliphatic rings. The number of aromatic hydroxyl groups is 1. The Labute approximate surface area is 616 Å². The van der Waals surface area contributed by atoms with E-state index in [-0.39, 0.29) is 21.8 Å². The highest BCUT2D eigenvalue weighted by molar-refractivity contribution is 7.98. The molecule has 0 bridgehead atoms. The SMILES string of the molecule is CCCCOc1ccc([S+]2CCCCC2)c2ccccc12.CCCCOc1ccc([S+]2CCOCC2)c2ccccc12.COCCOc1ccc([S+]2CCOCC2)c2ccccc12.FC(F)(F)COc1ccc([S+]2CCCCC2)c2ccccc12.Oc1ccc([S+]2CCOCC2)c2ccccc12. The largest absolute Gasteiger partial charge is 0.507 e. The summed E-state index contributed by atoms with van der Waals surface area (Å²) < 4.78 is 81.5. The van der Waals surface area contributed by atoms with Crippen LogP contribution in [-0.2, 0) is 73.4 Å². The molecule has 5 fully saturated rings. The first-order valence-corrected chi connectivity index (χ1v) is 44.4. The Bertz CT molecular complexity index is 3950. The summed E-state index contributed by atoms with van der Waals surface area (Å²) in [4.78, 5) is 7.15. The smallest absolute Gasteiger partial charge is 0.422 e. The van der Waals surface area contributed by atoms with Crippen molar-refractivity contribution in [3.8, 4) is 28.7 Å². The number of hydrogen-bond donors (Lipinski definition) is 1. The van der Waals surface area contributed by atoms with Gasteiger partial charge in [-0.05, 0) is 142 Å². The molecule has 0 radical (unpaired) electrons. The molecular weight excluding hydrogens is 1380 g/mol. The van der Waals surface area contributed by atoms with Crippen molar-refractivity contribution >= 4 is 108 Å². The summed E-state index contributed by atoms with van der Waals surface area (Å²) in [7, 11) is 3.24.